The molecule has 0 rings (SSSR count). The van der Waals surface area contributed by atoms with Crippen LogP contribution < -0.4 is 0 Å². The zero-order valence-corrected chi connectivity index (χ0v) is 4.12. The van der Waals surface area contributed by atoms with Crippen molar-refractivity contribution >= 4 is 28.7 Å². The van der Waals surface area contributed by atoms with E-state index in [1.54, 1.807) is 0 Å². The van der Waals surface area contributed by atoms with Crippen LogP contribution in [0.15, 0.2) is 0 Å². The monoisotopic (exact) mass is 96.1 g/mol. The van der Waals surface area contributed by atoms with E-state index >= 15 is 0 Å². The number of rotatable bonds is 2. The van der Waals surface area contributed by atoms with E-state index in [-0.39, 0.29) is 11.0 Å². The van der Waals surface area contributed by atoms with Crippen LogP contribution in [0.4, 0.5) is 0 Å². The summed E-state index contributed by atoms with van der Waals surface area (Å²) in [7, 11) is 0. The van der Waals surface area contributed by atoms with Crippen molar-refractivity contribution in [3.63, 3.8) is 0 Å². The van der Waals surface area contributed by atoms with Crippen LogP contribution in [0.25, 0.3) is 0 Å². The molecule has 0 amide bonds. The second-order valence-corrected chi connectivity index (χ2v) is 1.35. The Kier molecular flexibility index (Phi) is 15.3. The molecule has 0 saturated carbocycles. The van der Waals surface area contributed by atoms with Crippen LogP contribution in [0.5, 0.6) is 0 Å². The molecule has 0 nitrogen and oxygen atoms in total. The Hall–Kier alpha value is 0.814. The molecule has 0 fully saturated rings. The van der Waals surface area contributed by atoms with Crippen LogP contribution in [0.3, 0.4) is 0 Å². The van der Waals surface area contributed by atoms with Crippen molar-refractivity contribution in [1.82, 2.24) is 0 Å². The first-order chi connectivity index (χ1) is 2.41. The van der Waals surface area contributed by atoms with Gasteiger partial charge in [0.2, 0.25) is 0 Å². The maximum absolute atomic E-state index is 2.21. The largest absolute Gasteiger partial charge is 0.0149 e. The molecule has 0 atom stereocenters. The quantitative estimate of drug-likeness (QED) is 0.422. The van der Waals surface area contributed by atoms with Crippen molar-refractivity contribution in [3.05, 3.63) is 0 Å². The molecular formula is C4H13LiSi. The van der Waals surface area contributed by atoms with E-state index in [0.29, 0.717) is 0 Å². The van der Waals surface area contributed by atoms with Crippen LogP contribution in [0.1, 0.15) is 19.8 Å². The summed E-state index contributed by atoms with van der Waals surface area (Å²) in [5, 5.41) is 1.34. The van der Waals surface area contributed by atoms with E-state index in [9.17, 15) is 0 Å². The summed E-state index contributed by atoms with van der Waals surface area (Å²) in [6.07, 6.45) is 2.73. The SMILES string of the molecule is [Li][CH2]CCC.[SiH4]. The molecule has 0 unspecified atom stereocenters. The maximum Gasteiger partial charge on any atom is -0.0149 e. The van der Waals surface area contributed by atoms with Gasteiger partial charge in [-0.15, -0.1) is 0 Å². The minimum absolute atomic E-state index is 0. The minimum Gasteiger partial charge on any atom is -0.0149 e. The van der Waals surface area contributed by atoms with Gasteiger partial charge in [-0.25, -0.2) is 0 Å². The molecule has 0 heterocycles. The molecule has 34 valence electrons. The predicted molar refractivity (Wildman–Crippen MR) is 36.8 cm³/mol. The summed E-state index contributed by atoms with van der Waals surface area (Å²) in [6.45, 7) is 2.21. The fourth-order valence-corrected chi connectivity index (χ4v) is 0.354. The van der Waals surface area contributed by atoms with E-state index in [0.717, 1.165) is 0 Å². The van der Waals surface area contributed by atoms with Gasteiger partial charge in [0, 0.05) is 0 Å². The van der Waals surface area contributed by atoms with Crippen molar-refractivity contribution in [3.8, 4) is 0 Å². The average molecular weight is 96.2 g/mol. The smallest absolute Gasteiger partial charge is 0.0149 e. The molecule has 0 saturated heterocycles. The fourth-order valence-electron chi connectivity index (χ4n) is 0.354. The second-order valence-electron chi connectivity index (χ2n) is 1.35. The van der Waals surface area contributed by atoms with E-state index in [4.69, 9.17) is 0 Å². The van der Waals surface area contributed by atoms with Gasteiger partial charge in [-0.3, -0.25) is 0 Å². The van der Waals surface area contributed by atoms with Crippen molar-refractivity contribution in [2.24, 2.45) is 0 Å². The molecule has 0 aromatic carbocycles. The third-order valence-electron chi connectivity index (χ3n) is 0.707. The second kappa shape index (κ2) is 9.26. The number of hydrogen-bond donors (Lipinski definition) is 0. The standard InChI is InChI=1S/C4H9.Li.H4Si/c1-3-4-2;;/h1,3-4H2,2H3;;1H4. The molecule has 6 heavy (non-hydrogen) atoms. The van der Waals surface area contributed by atoms with Gasteiger partial charge in [0.15, 0.2) is 0 Å². The summed E-state index contributed by atoms with van der Waals surface area (Å²) in [5.74, 6) is 0. The first-order valence-electron chi connectivity index (χ1n) is 2.41. The van der Waals surface area contributed by atoms with E-state index in [1.165, 1.54) is 17.9 Å². The minimum atomic E-state index is 0. The molecule has 0 aliphatic carbocycles. The van der Waals surface area contributed by atoms with Crippen molar-refractivity contribution in [2.45, 2.75) is 24.9 Å². The number of unbranched alkanes of at least 4 members (excludes halogenated alkanes) is 1. The summed E-state index contributed by atoms with van der Waals surface area (Å²) in [6, 6.07) is 0. The summed E-state index contributed by atoms with van der Waals surface area (Å²) < 4.78 is 0. The third-order valence-corrected chi connectivity index (χ3v) is 0.707. The normalized spacial score (nSPS) is 7.17. The van der Waals surface area contributed by atoms with E-state index in [2.05, 4.69) is 24.6 Å². The van der Waals surface area contributed by atoms with Gasteiger partial charge in [-0.05, 0) is 11.0 Å². The van der Waals surface area contributed by atoms with Crippen molar-refractivity contribution in [2.75, 3.05) is 0 Å². The van der Waals surface area contributed by atoms with E-state index < -0.39 is 0 Å². The zero-order valence-electron chi connectivity index (χ0n) is 4.12. The zero-order chi connectivity index (χ0) is 4.12. The molecular weight excluding hydrogens is 83.1 g/mol. The Morgan fingerprint density at radius 2 is 2.00 bits per heavy atom. The topological polar surface area (TPSA) is 0 Å². The van der Waals surface area contributed by atoms with Crippen LogP contribution >= 0.6 is 0 Å². The summed E-state index contributed by atoms with van der Waals surface area (Å²) in [4.78, 5) is 0. The molecule has 0 aromatic rings. The van der Waals surface area contributed by atoms with Crippen LogP contribution in [0.2, 0.25) is 5.09 Å². The summed E-state index contributed by atoms with van der Waals surface area (Å²) in [5.41, 5.74) is 0. The first-order valence-corrected chi connectivity index (χ1v) is 2.41. The Morgan fingerprint density at radius 1 is 1.50 bits per heavy atom. The predicted octanol–water partition coefficient (Wildman–Crippen LogP) is -0.0783. The van der Waals surface area contributed by atoms with Crippen LogP contribution in [0, 0.1) is 0 Å². The maximum atomic E-state index is 2.21. The molecule has 0 radical (unpaired) electrons. The Morgan fingerprint density at radius 3 is 2.00 bits per heavy atom. The van der Waals surface area contributed by atoms with Crippen LogP contribution in [-0.4, -0.2) is 28.7 Å². The third kappa shape index (κ3) is 8.84. The van der Waals surface area contributed by atoms with Crippen molar-refractivity contribution in [1.29, 1.82) is 0 Å². The fraction of sp³-hybridized carbons (Fsp3) is 1.00. The average Bonchev–Trinajstić information content (AvgIpc) is 1.41. The molecule has 0 bridgehead atoms. The van der Waals surface area contributed by atoms with E-state index in [1.807, 2.05) is 0 Å². The van der Waals surface area contributed by atoms with Gasteiger partial charge in [0.1, 0.15) is 0 Å². The van der Waals surface area contributed by atoms with Crippen molar-refractivity contribution < 1.29 is 0 Å². The first kappa shape index (κ1) is 9.94. The Labute approximate surface area is 53.9 Å². The van der Waals surface area contributed by atoms with Crippen LogP contribution in [-0.2, 0) is 0 Å². The molecule has 0 N–H and O–H groups in total. The molecule has 0 aliphatic heterocycles. The molecule has 0 aromatic heterocycles. The van der Waals surface area contributed by atoms with Gasteiger partial charge < -0.3 is 0 Å². The molecule has 2 heteroatoms. The summed E-state index contributed by atoms with van der Waals surface area (Å²) >= 11 is 2.21. The van der Waals surface area contributed by atoms with Gasteiger partial charge in [0.25, 0.3) is 0 Å². The van der Waals surface area contributed by atoms with Gasteiger partial charge in [-0.2, -0.15) is 0 Å². The molecule has 0 spiro atoms. The van der Waals surface area contributed by atoms with Gasteiger partial charge >= 0.3 is 42.6 Å². The molecule has 0 aliphatic rings. The van der Waals surface area contributed by atoms with Gasteiger partial charge in [-0.1, -0.05) is 0 Å². The van der Waals surface area contributed by atoms with Gasteiger partial charge in [0.05, 0.1) is 0 Å². The number of hydrogen-bond acceptors (Lipinski definition) is 0. The Bertz CT molecular complexity index is 15.0. The Balaban J connectivity index is 0.